The van der Waals surface area contributed by atoms with E-state index in [1.807, 2.05) is 36.4 Å². The standard InChI is InChI=1S/C22H29NO2/c1-6-22(4,5)17-11-13-18(14-12-17)25-15-21(24)23-20-10-8-7-9-19(20)16(2)3/h7-14,16H,6,15H2,1-5H3,(H,23,24). The van der Waals surface area contributed by atoms with E-state index < -0.39 is 0 Å². The molecule has 0 bridgehead atoms. The van der Waals surface area contributed by atoms with Crippen molar-refractivity contribution in [3.8, 4) is 5.75 Å². The van der Waals surface area contributed by atoms with Gasteiger partial charge in [0.15, 0.2) is 6.61 Å². The lowest BCUT2D eigenvalue weighted by Crippen LogP contribution is -2.21. The van der Waals surface area contributed by atoms with Crippen LogP contribution in [0.15, 0.2) is 48.5 Å². The normalized spacial score (nSPS) is 11.4. The van der Waals surface area contributed by atoms with Gasteiger partial charge in [0.05, 0.1) is 0 Å². The molecule has 1 N–H and O–H groups in total. The molecule has 0 aromatic heterocycles. The van der Waals surface area contributed by atoms with E-state index in [-0.39, 0.29) is 17.9 Å². The van der Waals surface area contributed by atoms with Crippen LogP contribution in [0.2, 0.25) is 0 Å². The summed E-state index contributed by atoms with van der Waals surface area (Å²) in [6, 6.07) is 15.9. The Morgan fingerprint density at radius 1 is 1.08 bits per heavy atom. The Balaban J connectivity index is 1.95. The van der Waals surface area contributed by atoms with E-state index in [2.05, 4.69) is 52.1 Å². The molecule has 3 nitrogen and oxygen atoms in total. The van der Waals surface area contributed by atoms with Crippen LogP contribution < -0.4 is 10.1 Å². The second-order valence-electron chi connectivity index (χ2n) is 7.34. The summed E-state index contributed by atoms with van der Waals surface area (Å²) < 4.78 is 5.63. The van der Waals surface area contributed by atoms with Crippen LogP contribution in [0.5, 0.6) is 5.75 Å². The van der Waals surface area contributed by atoms with Crippen molar-refractivity contribution >= 4 is 11.6 Å². The molecule has 0 heterocycles. The van der Waals surface area contributed by atoms with Crippen molar-refractivity contribution in [2.24, 2.45) is 0 Å². The minimum absolute atomic E-state index is 0.00292. The summed E-state index contributed by atoms with van der Waals surface area (Å²) in [6.45, 7) is 10.9. The van der Waals surface area contributed by atoms with Gasteiger partial charge in [-0.05, 0) is 47.1 Å². The van der Waals surface area contributed by atoms with Crippen LogP contribution in [0.3, 0.4) is 0 Å². The largest absolute Gasteiger partial charge is 0.484 e. The van der Waals surface area contributed by atoms with Gasteiger partial charge in [-0.2, -0.15) is 0 Å². The van der Waals surface area contributed by atoms with Crippen LogP contribution in [0.4, 0.5) is 5.69 Å². The van der Waals surface area contributed by atoms with E-state index in [1.165, 1.54) is 5.56 Å². The van der Waals surface area contributed by atoms with Crippen LogP contribution in [-0.2, 0) is 10.2 Å². The molecule has 0 atom stereocenters. The molecule has 134 valence electrons. The van der Waals surface area contributed by atoms with Gasteiger partial charge in [0.25, 0.3) is 5.91 Å². The molecule has 0 aliphatic heterocycles. The zero-order valence-electron chi connectivity index (χ0n) is 15.9. The van der Waals surface area contributed by atoms with Gasteiger partial charge in [0.1, 0.15) is 5.75 Å². The van der Waals surface area contributed by atoms with E-state index in [0.29, 0.717) is 11.7 Å². The van der Waals surface area contributed by atoms with Crippen LogP contribution >= 0.6 is 0 Å². The van der Waals surface area contributed by atoms with Gasteiger partial charge in [0, 0.05) is 5.69 Å². The summed E-state index contributed by atoms with van der Waals surface area (Å²) in [5, 5.41) is 2.94. The fourth-order valence-corrected chi connectivity index (χ4v) is 2.66. The predicted octanol–water partition coefficient (Wildman–Crippen LogP) is 5.52. The van der Waals surface area contributed by atoms with Gasteiger partial charge in [-0.25, -0.2) is 0 Å². The van der Waals surface area contributed by atoms with Crippen molar-refractivity contribution in [3.05, 3.63) is 59.7 Å². The average molecular weight is 339 g/mol. The van der Waals surface area contributed by atoms with Gasteiger partial charge in [-0.15, -0.1) is 0 Å². The summed E-state index contributed by atoms with van der Waals surface area (Å²) >= 11 is 0. The van der Waals surface area contributed by atoms with Gasteiger partial charge < -0.3 is 10.1 Å². The number of amides is 1. The number of para-hydroxylation sites is 1. The molecular weight excluding hydrogens is 310 g/mol. The van der Waals surface area contributed by atoms with Crippen molar-refractivity contribution in [2.45, 2.75) is 52.4 Å². The van der Waals surface area contributed by atoms with E-state index in [9.17, 15) is 4.79 Å². The van der Waals surface area contributed by atoms with Gasteiger partial charge in [-0.3, -0.25) is 4.79 Å². The highest BCUT2D eigenvalue weighted by molar-refractivity contribution is 5.92. The fraction of sp³-hybridized carbons (Fsp3) is 0.409. The van der Waals surface area contributed by atoms with Crippen LogP contribution in [0.1, 0.15) is 58.1 Å². The number of hydrogen-bond donors (Lipinski definition) is 1. The van der Waals surface area contributed by atoms with Gasteiger partial charge in [0.2, 0.25) is 0 Å². The average Bonchev–Trinajstić information content (AvgIpc) is 2.60. The third kappa shape index (κ3) is 5.09. The van der Waals surface area contributed by atoms with E-state index in [4.69, 9.17) is 4.74 Å². The summed E-state index contributed by atoms with van der Waals surface area (Å²) in [6.07, 6.45) is 1.07. The second-order valence-corrected chi connectivity index (χ2v) is 7.34. The lowest BCUT2D eigenvalue weighted by molar-refractivity contribution is -0.118. The Kier molecular flexibility index (Phi) is 6.24. The second kappa shape index (κ2) is 8.19. The molecule has 0 aliphatic carbocycles. The molecule has 0 saturated heterocycles. The summed E-state index contributed by atoms with van der Waals surface area (Å²) in [5.41, 5.74) is 3.40. The maximum Gasteiger partial charge on any atom is 0.262 e. The number of carbonyl (C=O) groups is 1. The summed E-state index contributed by atoms with van der Waals surface area (Å²) in [4.78, 5) is 12.2. The molecule has 0 aliphatic rings. The zero-order chi connectivity index (χ0) is 18.4. The lowest BCUT2D eigenvalue weighted by Gasteiger charge is -2.23. The molecule has 3 heteroatoms. The first-order valence-electron chi connectivity index (χ1n) is 8.95. The predicted molar refractivity (Wildman–Crippen MR) is 104 cm³/mol. The third-order valence-electron chi connectivity index (χ3n) is 4.75. The number of rotatable bonds is 7. The van der Waals surface area contributed by atoms with Crippen molar-refractivity contribution < 1.29 is 9.53 Å². The maximum absolute atomic E-state index is 12.2. The number of benzene rings is 2. The topological polar surface area (TPSA) is 38.3 Å². The van der Waals surface area contributed by atoms with Crippen molar-refractivity contribution in [2.75, 3.05) is 11.9 Å². The van der Waals surface area contributed by atoms with Crippen LogP contribution in [0.25, 0.3) is 0 Å². The molecule has 1 amide bonds. The Labute approximate surface area is 151 Å². The Hall–Kier alpha value is -2.29. The van der Waals surface area contributed by atoms with Crippen molar-refractivity contribution in [1.29, 1.82) is 0 Å². The lowest BCUT2D eigenvalue weighted by atomic mass is 9.82. The molecule has 0 spiro atoms. The summed E-state index contributed by atoms with van der Waals surface area (Å²) in [7, 11) is 0. The zero-order valence-corrected chi connectivity index (χ0v) is 15.9. The molecule has 0 radical (unpaired) electrons. The Morgan fingerprint density at radius 2 is 1.72 bits per heavy atom. The van der Waals surface area contributed by atoms with Crippen LogP contribution in [-0.4, -0.2) is 12.5 Å². The van der Waals surface area contributed by atoms with Gasteiger partial charge in [-0.1, -0.05) is 65.0 Å². The number of carbonyl (C=O) groups excluding carboxylic acids is 1. The minimum atomic E-state index is -0.147. The fourth-order valence-electron chi connectivity index (χ4n) is 2.66. The first-order chi connectivity index (χ1) is 11.8. The molecular formula is C22H29NO2. The number of nitrogens with one attached hydrogen (secondary N) is 1. The number of ether oxygens (including phenoxy) is 1. The molecule has 2 rings (SSSR count). The SMILES string of the molecule is CCC(C)(C)c1ccc(OCC(=O)Nc2ccccc2C(C)C)cc1. The molecule has 0 saturated carbocycles. The minimum Gasteiger partial charge on any atom is -0.484 e. The van der Waals surface area contributed by atoms with Crippen LogP contribution in [0, 0.1) is 0 Å². The van der Waals surface area contributed by atoms with Crippen molar-refractivity contribution in [3.63, 3.8) is 0 Å². The molecule has 2 aromatic rings. The highest BCUT2D eigenvalue weighted by Crippen LogP contribution is 2.28. The first kappa shape index (κ1) is 19.0. The third-order valence-corrected chi connectivity index (χ3v) is 4.75. The number of hydrogen-bond acceptors (Lipinski definition) is 2. The molecule has 2 aromatic carbocycles. The smallest absolute Gasteiger partial charge is 0.262 e. The Morgan fingerprint density at radius 3 is 2.32 bits per heavy atom. The van der Waals surface area contributed by atoms with Crippen molar-refractivity contribution in [1.82, 2.24) is 0 Å². The van der Waals surface area contributed by atoms with Gasteiger partial charge >= 0.3 is 0 Å². The quantitative estimate of drug-likeness (QED) is 0.722. The monoisotopic (exact) mass is 339 g/mol. The number of anilines is 1. The highest BCUT2D eigenvalue weighted by atomic mass is 16.5. The molecule has 25 heavy (non-hydrogen) atoms. The maximum atomic E-state index is 12.2. The molecule has 0 fully saturated rings. The molecule has 0 unspecified atom stereocenters. The van der Waals surface area contributed by atoms with E-state index in [1.54, 1.807) is 0 Å². The highest BCUT2D eigenvalue weighted by Gasteiger charge is 2.17. The van der Waals surface area contributed by atoms with E-state index >= 15 is 0 Å². The summed E-state index contributed by atoms with van der Waals surface area (Å²) in [5.74, 6) is 0.917. The first-order valence-corrected chi connectivity index (χ1v) is 8.95. The van der Waals surface area contributed by atoms with E-state index in [0.717, 1.165) is 17.7 Å². The Bertz CT molecular complexity index is 702.